The topological polar surface area (TPSA) is 88.7 Å². The number of benzene rings is 2. The summed E-state index contributed by atoms with van der Waals surface area (Å²) < 4.78 is 10.1. The van der Waals surface area contributed by atoms with Gasteiger partial charge in [0.15, 0.2) is 6.61 Å². The molecule has 2 aromatic carbocycles. The van der Waals surface area contributed by atoms with Gasteiger partial charge in [-0.1, -0.05) is 42.5 Å². The SMILES string of the molecule is COC(=O)[C@H]1Cc2ccccc2CN1C(=O)COC(=O)CCc1c[nH]c2ccccc12. The summed E-state index contributed by atoms with van der Waals surface area (Å²) in [7, 11) is 1.30. The molecule has 0 spiro atoms. The number of hydrogen-bond acceptors (Lipinski definition) is 5. The molecule has 0 saturated carbocycles. The Morgan fingerprint density at radius 2 is 1.81 bits per heavy atom. The highest BCUT2D eigenvalue weighted by molar-refractivity contribution is 5.87. The van der Waals surface area contributed by atoms with Crippen molar-refractivity contribution in [2.24, 2.45) is 0 Å². The van der Waals surface area contributed by atoms with Crippen LogP contribution >= 0.6 is 0 Å². The average Bonchev–Trinajstić information content (AvgIpc) is 3.23. The van der Waals surface area contributed by atoms with Crippen LogP contribution in [0, 0.1) is 0 Å². The molecule has 0 aliphatic carbocycles. The van der Waals surface area contributed by atoms with Crippen LogP contribution in [0.3, 0.4) is 0 Å². The lowest BCUT2D eigenvalue weighted by molar-refractivity contribution is -0.159. The van der Waals surface area contributed by atoms with Gasteiger partial charge in [-0.3, -0.25) is 9.59 Å². The Bertz CT molecular complexity index is 1120. The molecule has 1 N–H and O–H groups in total. The fourth-order valence-electron chi connectivity index (χ4n) is 4.00. The number of aromatic amines is 1. The molecule has 1 aliphatic rings. The minimum absolute atomic E-state index is 0.165. The van der Waals surface area contributed by atoms with E-state index in [2.05, 4.69) is 4.98 Å². The molecule has 1 amide bonds. The zero-order valence-electron chi connectivity index (χ0n) is 17.3. The minimum Gasteiger partial charge on any atom is -0.467 e. The van der Waals surface area contributed by atoms with Gasteiger partial charge < -0.3 is 19.4 Å². The number of hydrogen-bond donors (Lipinski definition) is 1. The van der Waals surface area contributed by atoms with Crippen molar-refractivity contribution < 1.29 is 23.9 Å². The lowest BCUT2D eigenvalue weighted by Gasteiger charge is -2.35. The van der Waals surface area contributed by atoms with Crippen molar-refractivity contribution in [2.75, 3.05) is 13.7 Å². The van der Waals surface area contributed by atoms with E-state index >= 15 is 0 Å². The molecule has 7 heteroatoms. The van der Waals surface area contributed by atoms with Crippen LogP contribution in [0.5, 0.6) is 0 Å². The summed E-state index contributed by atoms with van der Waals surface area (Å²) in [5.74, 6) is -1.34. The monoisotopic (exact) mass is 420 g/mol. The van der Waals surface area contributed by atoms with E-state index in [-0.39, 0.29) is 13.0 Å². The highest BCUT2D eigenvalue weighted by Gasteiger charge is 2.35. The minimum atomic E-state index is -0.725. The van der Waals surface area contributed by atoms with Gasteiger partial charge in [0.1, 0.15) is 6.04 Å². The van der Waals surface area contributed by atoms with Gasteiger partial charge in [-0.25, -0.2) is 4.79 Å². The summed E-state index contributed by atoms with van der Waals surface area (Å²) in [6, 6.07) is 14.8. The molecular formula is C24H24N2O5. The van der Waals surface area contributed by atoms with Crippen molar-refractivity contribution in [2.45, 2.75) is 31.8 Å². The first-order valence-electron chi connectivity index (χ1n) is 10.2. The number of ether oxygens (including phenoxy) is 2. The lowest BCUT2D eigenvalue weighted by Crippen LogP contribution is -2.50. The van der Waals surface area contributed by atoms with E-state index in [0.29, 0.717) is 12.8 Å². The van der Waals surface area contributed by atoms with Crippen LogP contribution in [0.4, 0.5) is 0 Å². The molecule has 3 aromatic rings. The molecule has 0 unspecified atom stereocenters. The number of aromatic nitrogens is 1. The molecular weight excluding hydrogens is 396 g/mol. The highest BCUT2D eigenvalue weighted by Crippen LogP contribution is 2.24. The second-order valence-corrected chi connectivity index (χ2v) is 7.55. The zero-order chi connectivity index (χ0) is 21.8. The van der Waals surface area contributed by atoms with Crippen LogP contribution in [-0.2, 0) is 43.2 Å². The van der Waals surface area contributed by atoms with Gasteiger partial charge in [0, 0.05) is 36.5 Å². The molecule has 0 saturated heterocycles. The Morgan fingerprint density at radius 3 is 2.61 bits per heavy atom. The lowest BCUT2D eigenvalue weighted by atomic mass is 9.94. The Hall–Kier alpha value is -3.61. The zero-order valence-corrected chi connectivity index (χ0v) is 17.3. The van der Waals surface area contributed by atoms with Crippen LogP contribution in [0.25, 0.3) is 10.9 Å². The number of para-hydroxylation sites is 1. The molecule has 31 heavy (non-hydrogen) atoms. The third kappa shape index (κ3) is 4.45. The number of nitrogens with zero attached hydrogens (tertiary/aromatic N) is 1. The number of carbonyl (C=O) groups is 3. The maximum Gasteiger partial charge on any atom is 0.328 e. The summed E-state index contributed by atoms with van der Waals surface area (Å²) in [4.78, 5) is 41.9. The van der Waals surface area contributed by atoms with E-state index in [1.54, 1.807) is 0 Å². The second-order valence-electron chi connectivity index (χ2n) is 7.55. The van der Waals surface area contributed by atoms with Crippen LogP contribution in [0.15, 0.2) is 54.7 Å². The predicted octanol–water partition coefficient (Wildman–Crippen LogP) is 2.77. The van der Waals surface area contributed by atoms with Crippen LogP contribution in [0.2, 0.25) is 0 Å². The molecule has 0 radical (unpaired) electrons. The van der Waals surface area contributed by atoms with Crippen molar-refractivity contribution >= 4 is 28.7 Å². The normalized spacial score (nSPS) is 15.4. The second kappa shape index (κ2) is 9.04. The quantitative estimate of drug-likeness (QED) is 0.620. The third-order valence-electron chi connectivity index (χ3n) is 5.67. The molecule has 0 bridgehead atoms. The smallest absolute Gasteiger partial charge is 0.328 e. The van der Waals surface area contributed by atoms with Crippen molar-refractivity contribution in [1.29, 1.82) is 0 Å². The number of amides is 1. The summed E-state index contributed by atoms with van der Waals surface area (Å²) in [6.07, 6.45) is 2.94. The molecule has 4 rings (SSSR count). The Morgan fingerprint density at radius 1 is 1.06 bits per heavy atom. The first kappa shape index (κ1) is 20.7. The van der Waals surface area contributed by atoms with Crippen LogP contribution in [0.1, 0.15) is 23.1 Å². The molecule has 1 aliphatic heterocycles. The molecule has 7 nitrogen and oxygen atoms in total. The van der Waals surface area contributed by atoms with Crippen LogP contribution in [-0.4, -0.2) is 47.5 Å². The number of methoxy groups -OCH3 is 1. The van der Waals surface area contributed by atoms with Gasteiger partial charge >= 0.3 is 11.9 Å². The van der Waals surface area contributed by atoms with Crippen LogP contribution < -0.4 is 0 Å². The first-order chi connectivity index (χ1) is 15.1. The van der Waals surface area contributed by atoms with Crippen molar-refractivity contribution in [3.8, 4) is 0 Å². The Kier molecular flexibility index (Phi) is 6.02. The Balaban J connectivity index is 1.35. The first-order valence-corrected chi connectivity index (χ1v) is 10.2. The summed E-state index contributed by atoms with van der Waals surface area (Å²) in [6.45, 7) is -0.121. The molecule has 1 aromatic heterocycles. The van der Waals surface area contributed by atoms with Gasteiger partial charge in [-0.15, -0.1) is 0 Å². The van der Waals surface area contributed by atoms with E-state index in [1.807, 2.05) is 54.7 Å². The van der Waals surface area contributed by atoms with E-state index < -0.39 is 30.5 Å². The summed E-state index contributed by atoms with van der Waals surface area (Å²) in [5, 5.41) is 1.07. The number of H-pyrrole nitrogens is 1. The summed E-state index contributed by atoms with van der Waals surface area (Å²) in [5.41, 5.74) is 4.02. The van der Waals surface area contributed by atoms with Gasteiger partial charge in [-0.05, 0) is 29.2 Å². The largest absolute Gasteiger partial charge is 0.467 e. The average molecular weight is 420 g/mol. The maximum atomic E-state index is 12.8. The number of carbonyl (C=O) groups excluding carboxylic acids is 3. The predicted molar refractivity (Wildman–Crippen MR) is 114 cm³/mol. The van der Waals surface area contributed by atoms with E-state index in [1.165, 1.54) is 12.0 Å². The van der Waals surface area contributed by atoms with Gasteiger partial charge in [0.05, 0.1) is 7.11 Å². The fraction of sp³-hybridized carbons (Fsp3) is 0.292. The molecule has 160 valence electrons. The third-order valence-corrected chi connectivity index (χ3v) is 5.67. The van der Waals surface area contributed by atoms with Gasteiger partial charge in [0.25, 0.3) is 5.91 Å². The van der Waals surface area contributed by atoms with Gasteiger partial charge in [0.2, 0.25) is 0 Å². The number of esters is 2. The van der Waals surface area contributed by atoms with Gasteiger partial charge in [-0.2, -0.15) is 0 Å². The summed E-state index contributed by atoms with van der Waals surface area (Å²) >= 11 is 0. The van der Waals surface area contributed by atoms with E-state index in [0.717, 1.165) is 27.6 Å². The molecule has 1 atom stereocenters. The van der Waals surface area contributed by atoms with Crippen molar-refractivity contribution in [1.82, 2.24) is 9.88 Å². The standard InChI is InChI=1S/C24H24N2O5/c1-30-24(29)21-12-16-6-2-3-7-18(16)14-26(21)22(27)15-31-23(28)11-10-17-13-25-20-9-5-4-8-19(17)20/h2-9,13,21,25H,10-12,14-15H2,1H3/t21-/m1/s1. The highest BCUT2D eigenvalue weighted by atomic mass is 16.5. The van der Waals surface area contributed by atoms with Crippen molar-refractivity contribution in [3.63, 3.8) is 0 Å². The van der Waals surface area contributed by atoms with Crippen molar-refractivity contribution in [3.05, 3.63) is 71.4 Å². The fourth-order valence-corrected chi connectivity index (χ4v) is 4.00. The molecule has 2 heterocycles. The van der Waals surface area contributed by atoms with E-state index in [4.69, 9.17) is 9.47 Å². The number of aryl methyl sites for hydroxylation is 1. The number of rotatable bonds is 6. The molecule has 0 fully saturated rings. The Labute approximate surface area is 179 Å². The number of nitrogens with one attached hydrogen (secondary N) is 1. The number of fused-ring (bicyclic) bond motifs is 2. The maximum absolute atomic E-state index is 12.8. The van der Waals surface area contributed by atoms with E-state index in [9.17, 15) is 14.4 Å².